The van der Waals surface area contributed by atoms with Gasteiger partial charge in [-0.15, -0.1) is 0 Å². The first-order valence-electron chi connectivity index (χ1n) is 8.69. The van der Waals surface area contributed by atoms with Crippen LogP contribution in [0.15, 0.2) is 78.9 Å². The maximum absolute atomic E-state index is 13.1. The first kappa shape index (κ1) is 18.4. The number of hydrogen-bond donors (Lipinski definition) is 0. The van der Waals surface area contributed by atoms with Crippen LogP contribution in [0.4, 0.5) is 4.39 Å². The largest absolute Gasteiger partial charge is 0.457 e. The van der Waals surface area contributed by atoms with Crippen LogP contribution in [0.5, 0.6) is 11.5 Å². The van der Waals surface area contributed by atoms with Crippen molar-refractivity contribution in [1.29, 1.82) is 0 Å². The molecule has 0 unspecified atom stereocenters. The molecule has 0 heterocycles. The summed E-state index contributed by atoms with van der Waals surface area (Å²) >= 11 is 0. The van der Waals surface area contributed by atoms with E-state index in [0.29, 0.717) is 12.8 Å². The number of halogens is 1. The summed E-state index contributed by atoms with van der Waals surface area (Å²) in [5, 5.41) is 1.19. The van der Waals surface area contributed by atoms with Crippen LogP contribution in [0.25, 0.3) is 0 Å². The highest BCUT2D eigenvalue weighted by atomic mass is 28.3. The molecule has 0 aromatic heterocycles. The van der Waals surface area contributed by atoms with Crippen LogP contribution in [0, 0.1) is 5.82 Å². The van der Waals surface area contributed by atoms with E-state index < -0.39 is 8.07 Å². The summed E-state index contributed by atoms with van der Waals surface area (Å²) < 4.78 is 25.0. The predicted octanol–water partition coefficient (Wildman–Crippen LogP) is 5.29. The second kappa shape index (κ2) is 8.30. The van der Waals surface area contributed by atoms with Crippen molar-refractivity contribution >= 4 is 13.3 Å². The predicted molar refractivity (Wildman–Crippen MR) is 106 cm³/mol. The molecule has 0 aliphatic heterocycles. The van der Waals surface area contributed by atoms with Gasteiger partial charge in [-0.1, -0.05) is 60.7 Å². The minimum Gasteiger partial charge on any atom is -0.457 e. The van der Waals surface area contributed by atoms with Gasteiger partial charge in [0.25, 0.3) is 0 Å². The average Bonchev–Trinajstić information content (AvgIpc) is 2.63. The normalized spacial score (nSPS) is 11.3. The fourth-order valence-corrected chi connectivity index (χ4v) is 4.58. The average molecular weight is 367 g/mol. The topological polar surface area (TPSA) is 18.5 Å². The number of para-hydroxylation sites is 1. The van der Waals surface area contributed by atoms with Crippen LogP contribution in [-0.2, 0) is 11.3 Å². The van der Waals surface area contributed by atoms with Gasteiger partial charge >= 0.3 is 0 Å². The highest BCUT2D eigenvalue weighted by Gasteiger charge is 2.23. The number of benzene rings is 3. The zero-order valence-corrected chi connectivity index (χ0v) is 16.1. The molecule has 0 radical (unpaired) electrons. The van der Waals surface area contributed by atoms with Crippen LogP contribution in [-0.4, -0.2) is 14.3 Å². The third-order valence-electron chi connectivity index (χ3n) is 4.23. The summed E-state index contributed by atoms with van der Waals surface area (Å²) in [6.45, 7) is 4.99. The molecule has 3 rings (SSSR count). The Morgan fingerprint density at radius 1 is 0.808 bits per heavy atom. The minimum absolute atomic E-state index is 0.199. The van der Waals surface area contributed by atoms with E-state index >= 15 is 0 Å². The molecule has 0 saturated carbocycles. The van der Waals surface area contributed by atoms with Gasteiger partial charge in [0.05, 0.1) is 6.61 Å². The van der Waals surface area contributed by atoms with Gasteiger partial charge in [-0.2, -0.15) is 0 Å². The first-order valence-corrected chi connectivity index (χ1v) is 11.9. The zero-order chi connectivity index (χ0) is 18.4. The maximum Gasteiger partial charge on any atom is 0.127 e. The monoisotopic (exact) mass is 366 g/mol. The van der Waals surface area contributed by atoms with Crippen LogP contribution in [0.3, 0.4) is 0 Å². The molecule has 0 saturated heterocycles. The van der Waals surface area contributed by atoms with Gasteiger partial charge < -0.3 is 9.47 Å². The van der Waals surface area contributed by atoms with Crippen molar-refractivity contribution in [2.24, 2.45) is 0 Å². The van der Waals surface area contributed by atoms with Crippen molar-refractivity contribution in [3.05, 3.63) is 90.2 Å². The highest BCUT2D eigenvalue weighted by molar-refractivity contribution is 6.89. The summed E-state index contributed by atoms with van der Waals surface area (Å²) in [5.74, 6) is 1.41. The third kappa shape index (κ3) is 5.03. The van der Waals surface area contributed by atoms with Crippen molar-refractivity contribution in [2.75, 3.05) is 6.23 Å². The SMILES string of the molecule is C[Si](C)(COCc1cccc(Oc2ccccc2)c1)c1ccc(F)cc1. The van der Waals surface area contributed by atoms with Crippen molar-refractivity contribution in [3.8, 4) is 11.5 Å². The molecule has 0 amide bonds. The van der Waals surface area contributed by atoms with Crippen LogP contribution in [0.1, 0.15) is 5.56 Å². The molecular weight excluding hydrogens is 343 g/mol. The quantitative estimate of drug-likeness (QED) is 0.529. The molecular formula is C22H23FO2Si. The fraction of sp³-hybridized carbons (Fsp3) is 0.182. The standard InChI is InChI=1S/C22H23FO2Si/c1-26(2,22-13-11-19(23)12-14-22)17-24-16-18-7-6-10-21(15-18)25-20-8-4-3-5-9-20/h3-15H,16-17H2,1-2H3. The molecule has 4 heteroatoms. The molecule has 0 spiro atoms. The Balaban J connectivity index is 1.58. The van der Waals surface area contributed by atoms with Gasteiger partial charge in [-0.25, -0.2) is 4.39 Å². The molecule has 26 heavy (non-hydrogen) atoms. The van der Waals surface area contributed by atoms with E-state index in [1.165, 1.54) is 17.3 Å². The molecule has 134 valence electrons. The summed E-state index contributed by atoms with van der Waals surface area (Å²) in [7, 11) is -1.75. The molecule has 3 aromatic carbocycles. The Morgan fingerprint density at radius 2 is 1.50 bits per heavy atom. The van der Waals surface area contributed by atoms with Gasteiger partial charge in [-0.05, 0) is 42.0 Å². The second-order valence-electron chi connectivity index (χ2n) is 6.95. The Morgan fingerprint density at radius 3 is 2.23 bits per heavy atom. The van der Waals surface area contributed by atoms with Crippen molar-refractivity contribution in [3.63, 3.8) is 0 Å². The second-order valence-corrected chi connectivity index (χ2v) is 11.6. The molecule has 0 aliphatic carbocycles. The van der Waals surface area contributed by atoms with E-state index in [-0.39, 0.29) is 5.82 Å². The molecule has 0 N–H and O–H groups in total. The van der Waals surface area contributed by atoms with E-state index in [4.69, 9.17) is 9.47 Å². The third-order valence-corrected chi connectivity index (χ3v) is 7.06. The highest BCUT2D eigenvalue weighted by Crippen LogP contribution is 2.22. The van der Waals surface area contributed by atoms with Crippen LogP contribution < -0.4 is 9.92 Å². The van der Waals surface area contributed by atoms with E-state index in [9.17, 15) is 4.39 Å². The Bertz CT molecular complexity index is 832. The van der Waals surface area contributed by atoms with E-state index in [1.807, 2.05) is 66.7 Å². The Labute approximate surface area is 155 Å². The number of rotatable bonds is 7. The molecule has 0 bridgehead atoms. The lowest BCUT2D eigenvalue weighted by Gasteiger charge is -2.22. The van der Waals surface area contributed by atoms with Crippen LogP contribution >= 0.6 is 0 Å². The summed E-state index contributed by atoms with van der Waals surface area (Å²) in [6.07, 6.45) is 0.683. The van der Waals surface area contributed by atoms with Crippen molar-refractivity contribution < 1.29 is 13.9 Å². The zero-order valence-electron chi connectivity index (χ0n) is 15.1. The molecule has 0 fully saturated rings. The lowest BCUT2D eigenvalue weighted by Crippen LogP contribution is -2.46. The van der Waals surface area contributed by atoms with Gasteiger partial charge in [0, 0.05) is 6.23 Å². The minimum atomic E-state index is -1.75. The first-order chi connectivity index (χ1) is 12.5. The van der Waals surface area contributed by atoms with Gasteiger partial charge in [0.2, 0.25) is 0 Å². The van der Waals surface area contributed by atoms with E-state index in [2.05, 4.69) is 13.1 Å². The van der Waals surface area contributed by atoms with Gasteiger partial charge in [-0.3, -0.25) is 0 Å². The van der Waals surface area contributed by atoms with Gasteiger partial charge in [0.15, 0.2) is 0 Å². The number of ether oxygens (including phenoxy) is 2. The van der Waals surface area contributed by atoms with Crippen molar-refractivity contribution in [1.82, 2.24) is 0 Å². The van der Waals surface area contributed by atoms with Gasteiger partial charge in [0.1, 0.15) is 25.4 Å². The summed E-state index contributed by atoms with van der Waals surface area (Å²) in [5.41, 5.74) is 1.07. The molecule has 0 aliphatic rings. The molecule has 2 nitrogen and oxygen atoms in total. The van der Waals surface area contributed by atoms with Crippen molar-refractivity contribution in [2.45, 2.75) is 19.7 Å². The fourth-order valence-electron chi connectivity index (χ4n) is 2.73. The van der Waals surface area contributed by atoms with E-state index in [1.54, 1.807) is 0 Å². The Hall–Kier alpha value is -2.43. The van der Waals surface area contributed by atoms with E-state index in [0.717, 1.165) is 17.1 Å². The molecule has 0 atom stereocenters. The van der Waals surface area contributed by atoms with Crippen LogP contribution in [0.2, 0.25) is 13.1 Å². The Kier molecular flexibility index (Phi) is 5.86. The summed E-state index contributed by atoms with van der Waals surface area (Å²) in [4.78, 5) is 0. The smallest absolute Gasteiger partial charge is 0.127 e. The number of hydrogen-bond acceptors (Lipinski definition) is 2. The summed E-state index contributed by atoms with van der Waals surface area (Å²) in [6, 6.07) is 24.5. The lowest BCUT2D eigenvalue weighted by molar-refractivity contribution is 0.160. The lowest BCUT2D eigenvalue weighted by atomic mass is 10.2. The molecule has 3 aromatic rings. The maximum atomic E-state index is 13.1.